The highest BCUT2D eigenvalue weighted by molar-refractivity contribution is 6.04. The SMILES string of the molecule is COc1ccc(C(=O)/C=C/Oc2ccc3ccccc3c2)cc1. The first-order valence-corrected chi connectivity index (χ1v) is 7.27. The van der Waals surface area contributed by atoms with E-state index < -0.39 is 0 Å². The molecule has 3 nitrogen and oxygen atoms in total. The molecule has 0 aliphatic heterocycles. The normalized spacial score (nSPS) is 10.8. The monoisotopic (exact) mass is 304 g/mol. The van der Waals surface area contributed by atoms with Gasteiger partial charge in [0.2, 0.25) is 0 Å². The van der Waals surface area contributed by atoms with E-state index in [0.717, 1.165) is 16.5 Å². The summed E-state index contributed by atoms with van der Waals surface area (Å²) in [6.07, 6.45) is 2.83. The summed E-state index contributed by atoms with van der Waals surface area (Å²) in [5, 5.41) is 2.25. The molecular formula is C20H16O3. The molecule has 0 N–H and O–H groups in total. The number of ketones is 1. The number of carbonyl (C=O) groups is 1. The summed E-state index contributed by atoms with van der Waals surface area (Å²) >= 11 is 0. The number of hydrogen-bond donors (Lipinski definition) is 0. The van der Waals surface area contributed by atoms with E-state index in [4.69, 9.17) is 9.47 Å². The summed E-state index contributed by atoms with van der Waals surface area (Å²) in [7, 11) is 1.59. The van der Waals surface area contributed by atoms with Crippen LogP contribution in [0.2, 0.25) is 0 Å². The molecule has 3 aromatic rings. The summed E-state index contributed by atoms with van der Waals surface area (Å²) in [6, 6.07) is 20.8. The lowest BCUT2D eigenvalue weighted by molar-refractivity contribution is 0.104. The summed E-state index contributed by atoms with van der Waals surface area (Å²) in [4.78, 5) is 12.0. The Kier molecular flexibility index (Phi) is 4.39. The fourth-order valence-electron chi connectivity index (χ4n) is 2.27. The maximum absolute atomic E-state index is 12.0. The van der Waals surface area contributed by atoms with Gasteiger partial charge in [0.15, 0.2) is 5.78 Å². The molecule has 0 spiro atoms. The van der Waals surface area contributed by atoms with Crippen LogP contribution in [0.5, 0.6) is 11.5 Å². The van der Waals surface area contributed by atoms with E-state index >= 15 is 0 Å². The van der Waals surface area contributed by atoms with E-state index in [2.05, 4.69) is 0 Å². The van der Waals surface area contributed by atoms with Crippen molar-refractivity contribution >= 4 is 16.6 Å². The zero-order chi connectivity index (χ0) is 16.1. The molecule has 0 saturated carbocycles. The van der Waals surface area contributed by atoms with Gasteiger partial charge in [-0.2, -0.15) is 0 Å². The average molecular weight is 304 g/mol. The van der Waals surface area contributed by atoms with E-state index in [1.807, 2.05) is 42.5 Å². The molecule has 3 heteroatoms. The van der Waals surface area contributed by atoms with Crippen molar-refractivity contribution in [2.75, 3.05) is 7.11 Å². The Hall–Kier alpha value is -3.07. The zero-order valence-corrected chi connectivity index (χ0v) is 12.7. The highest BCUT2D eigenvalue weighted by Gasteiger charge is 2.02. The van der Waals surface area contributed by atoms with E-state index in [0.29, 0.717) is 11.3 Å². The van der Waals surface area contributed by atoms with E-state index in [9.17, 15) is 4.79 Å². The maximum atomic E-state index is 12.0. The van der Waals surface area contributed by atoms with Crippen molar-refractivity contribution in [1.82, 2.24) is 0 Å². The molecule has 3 rings (SSSR count). The Morgan fingerprint density at radius 2 is 1.57 bits per heavy atom. The van der Waals surface area contributed by atoms with Crippen molar-refractivity contribution in [1.29, 1.82) is 0 Å². The van der Waals surface area contributed by atoms with Crippen molar-refractivity contribution < 1.29 is 14.3 Å². The molecule has 0 amide bonds. The first-order valence-electron chi connectivity index (χ1n) is 7.27. The first-order chi connectivity index (χ1) is 11.3. The maximum Gasteiger partial charge on any atom is 0.188 e. The zero-order valence-electron chi connectivity index (χ0n) is 12.7. The van der Waals surface area contributed by atoms with Crippen molar-refractivity contribution in [3.8, 4) is 11.5 Å². The lowest BCUT2D eigenvalue weighted by Gasteiger charge is -2.03. The fourth-order valence-corrected chi connectivity index (χ4v) is 2.27. The second-order valence-electron chi connectivity index (χ2n) is 5.02. The Labute approximate surface area is 134 Å². The molecule has 0 heterocycles. The molecular weight excluding hydrogens is 288 g/mol. The van der Waals surface area contributed by atoms with Crippen LogP contribution >= 0.6 is 0 Å². The van der Waals surface area contributed by atoms with Gasteiger partial charge < -0.3 is 9.47 Å². The Morgan fingerprint density at radius 1 is 0.870 bits per heavy atom. The van der Waals surface area contributed by atoms with Gasteiger partial charge in [-0.15, -0.1) is 0 Å². The van der Waals surface area contributed by atoms with Crippen molar-refractivity contribution in [3.63, 3.8) is 0 Å². The number of methoxy groups -OCH3 is 1. The van der Waals surface area contributed by atoms with E-state index in [-0.39, 0.29) is 5.78 Å². The van der Waals surface area contributed by atoms with Crippen LogP contribution in [-0.2, 0) is 0 Å². The third-order valence-electron chi connectivity index (χ3n) is 3.52. The van der Waals surface area contributed by atoms with Crippen LogP contribution in [0, 0.1) is 0 Å². The number of allylic oxidation sites excluding steroid dienone is 1. The fraction of sp³-hybridized carbons (Fsp3) is 0.0500. The van der Waals surface area contributed by atoms with Crippen LogP contribution in [0.1, 0.15) is 10.4 Å². The van der Waals surface area contributed by atoms with E-state index in [1.165, 1.54) is 12.3 Å². The topological polar surface area (TPSA) is 35.5 Å². The smallest absolute Gasteiger partial charge is 0.188 e. The minimum absolute atomic E-state index is 0.117. The summed E-state index contributed by atoms with van der Waals surface area (Å²) in [5.41, 5.74) is 0.587. The van der Waals surface area contributed by atoms with Crippen LogP contribution in [0.15, 0.2) is 79.1 Å². The van der Waals surface area contributed by atoms with Crippen LogP contribution < -0.4 is 9.47 Å². The van der Waals surface area contributed by atoms with Crippen LogP contribution in [0.3, 0.4) is 0 Å². The predicted molar refractivity (Wildman–Crippen MR) is 91.0 cm³/mol. The van der Waals surface area contributed by atoms with Gasteiger partial charge >= 0.3 is 0 Å². The quantitative estimate of drug-likeness (QED) is 0.392. The highest BCUT2D eigenvalue weighted by atomic mass is 16.5. The third-order valence-corrected chi connectivity index (χ3v) is 3.52. The second kappa shape index (κ2) is 6.79. The van der Waals surface area contributed by atoms with Gasteiger partial charge in [-0.1, -0.05) is 30.3 Å². The molecule has 0 saturated heterocycles. The number of fused-ring (bicyclic) bond motifs is 1. The Balaban J connectivity index is 1.67. The van der Waals surface area contributed by atoms with Crippen LogP contribution in [0.4, 0.5) is 0 Å². The molecule has 0 radical (unpaired) electrons. The molecule has 0 aliphatic carbocycles. The van der Waals surface area contributed by atoms with Gasteiger partial charge in [0, 0.05) is 11.6 Å². The lowest BCUT2D eigenvalue weighted by Crippen LogP contribution is -1.95. The molecule has 0 unspecified atom stereocenters. The minimum Gasteiger partial charge on any atom is -0.497 e. The van der Waals surface area contributed by atoms with Gasteiger partial charge in [-0.3, -0.25) is 4.79 Å². The largest absolute Gasteiger partial charge is 0.497 e. The van der Waals surface area contributed by atoms with Crippen molar-refractivity contribution in [2.24, 2.45) is 0 Å². The number of hydrogen-bond acceptors (Lipinski definition) is 3. The van der Waals surface area contributed by atoms with Gasteiger partial charge in [-0.25, -0.2) is 0 Å². The minimum atomic E-state index is -0.117. The average Bonchev–Trinajstić information content (AvgIpc) is 2.61. The second-order valence-corrected chi connectivity index (χ2v) is 5.02. The van der Waals surface area contributed by atoms with Crippen LogP contribution in [-0.4, -0.2) is 12.9 Å². The first kappa shape index (κ1) is 14.9. The molecule has 114 valence electrons. The molecule has 0 atom stereocenters. The third kappa shape index (κ3) is 3.58. The predicted octanol–water partition coefficient (Wildman–Crippen LogP) is 4.62. The molecule has 23 heavy (non-hydrogen) atoms. The summed E-state index contributed by atoms with van der Waals surface area (Å²) in [5.74, 6) is 1.30. The highest BCUT2D eigenvalue weighted by Crippen LogP contribution is 2.20. The number of carbonyl (C=O) groups excluding carboxylic acids is 1. The number of ether oxygens (including phenoxy) is 2. The van der Waals surface area contributed by atoms with Gasteiger partial charge in [0.05, 0.1) is 13.4 Å². The van der Waals surface area contributed by atoms with E-state index in [1.54, 1.807) is 31.4 Å². The molecule has 0 fully saturated rings. The lowest BCUT2D eigenvalue weighted by atomic mass is 10.1. The molecule has 0 aromatic heterocycles. The molecule has 0 aliphatic rings. The Bertz CT molecular complexity index is 848. The van der Waals surface area contributed by atoms with Gasteiger partial charge in [0.1, 0.15) is 11.5 Å². The number of rotatable bonds is 5. The van der Waals surface area contributed by atoms with Crippen molar-refractivity contribution in [3.05, 3.63) is 84.6 Å². The number of benzene rings is 3. The summed E-state index contributed by atoms with van der Waals surface area (Å²) in [6.45, 7) is 0. The molecule has 0 bridgehead atoms. The Morgan fingerprint density at radius 3 is 2.30 bits per heavy atom. The molecule has 3 aromatic carbocycles. The van der Waals surface area contributed by atoms with Gasteiger partial charge in [-0.05, 0) is 47.2 Å². The summed E-state index contributed by atoms with van der Waals surface area (Å²) < 4.78 is 10.6. The van der Waals surface area contributed by atoms with Crippen molar-refractivity contribution in [2.45, 2.75) is 0 Å². The standard InChI is InChI=1S/C20H16O3/c1-22-18-9-7-16(8-10-18)20(21)12-13-23-19-11-6-15-4-2-3-5-17(15)14-19/h2-14H,1H3/b13-12+. The van der Waals surface area contributed by atoms with Crippen LogP contribution in [0.25, 0.3) is 10.8 Å². The van der Waals surface area contributed by atoms with Gasteiger partial charge in [0.25, 0.3) is 0 Å².